The van der Waals surface area contributed by atoms with E-state index in [0.717, 1.165) is 28.8 Å². The number of para-hydroxylation sites is 2. The van der Waals surface area contributed by atoms with Crippen molar-refractivity contribution in [1.29, 1.82) is 0 Å². The van der Waals surface area contributed by atoms with Crippen LogP contribution < -0.4 is 14.8 Å². The Bertz CT molecular complexity index is 1320. The molecule has 0 fully saturated rings. The second kappa shape index (κ2) is 11.6. The summed E-state index contributed by atoms with van der Waals surface area (Å²) >= 11 is 5.91. The first-order chi connectivity index (χ1) is 17.1. The Hall–Kier alpha value is -3.77. The maximum atomic E-state index is 12.4. The third kappa shape index (κ3) is 6.03. The number of hydrogen-bond donors (Lipinski definition) is 1. The second-order valence-electron chi connectivity index (χ2n) is 8.01. The summed E-state index contributed by atoms with van der Waals surface area (Å²) in [7, 11) is 1.64. The highest BCUT2D eigenvalue weighted by Gasteiger charge is 2.13. The number of hydrogen-bond acceptors (Lipinski definition) is 4. The monoisotopic (exact) mass is 489 g/mol. The number of imidazole rings is 1. The molecule has 4 rings (SSSR count). The fourth-order valence-electron chi connectivity index (χ4n) is 3.93. The summed E-state index contributed by atoms with van der Waals surface area (Å²) in [5, 5.41) is 3.56. The molecule has 0 atom stereocenters. The molecule has 4 aromatic rings. The molecule has 0 radical (unpaired) electrons. The number of nitrogens with zero attached hydrogens (tertiary/aromatic N) is 2. The van der Waals surface area contributed by atoms with Gasteiger partial charge in [0.1, 0.15) is 12.4 Å². The molecule has 0 aliphatic heterocycles. The van der Waals surface area contributed by atoms with E-state index in [4.69, 9.17) is 26.1 Å². The highest BCUT2D eigenvalue weighted by Crippen LogP contribution is 2.28. The lowest BCUT2D eigenvalue weighted by molar-refractivity contribution is 0.0954. The first-order valence-electron chi connectivity index (χ1n) is 11.5. The number of benzene rings is 3. The van der Waals surface area contributed by atoms with Gasteiger partial charge in [0, 0.05) is 23.6 Å². The van der Waals surface area contributed by atoms with Crippen LogP contribution >= 0.6 is 11.6 Å². The fourth-order valence-corrected chi connectivity index (χ4v) is 4.05. The van der Waals surface area contributed by atoms with Crippen LogP contribution in [-0.2, 0) is 19.4 Å². The molecule has 0 aliphatic carbocycles. The van der Waals surface area contributed by atoms with Crippen LogP contribution in [0.25, 0.3) is 11.0 Å². The molecular formula is C28H28ClN3O3. The number of carbonyl (C=O) groups excluding carboxylic acids is 1. The van der Waals surface area contributed by atoms with Crippen molar-refractivity contribution in [2.24, 2.45) is 0 Å². The molecule has 1 aromatic heterocycles. The van der Waals surface area contributed by atoms with Crippen LogP contribution in [0.3, 0.4) is 0 Å². The Labute approximate surface area is 210 Å². The van der Waals surface area contributed by atoms with Gasteiger partial charge in [0.05, 0.1) is 24.7 Å². The molecule has 1 amide bonds. The lowest BCUT2D eigenvalue weighted by Crippen LogP contribution is -2.26. The van der Waals surface area contributed by atoms with Crippen LogP contribution in [-0.4, -0.2) is 35.7 Å². The topological polar surface area (TPSA) is 65.4 Å². The maximum Gasteiger partial charge on any atom is 0.251 e. The summed E-state index contributed by atoms with van der Waals surface area (Å²) < 4.78 is 13.7. The van der Waals surface area contributed by atoms with Crippen molar-refractivity contribution in [3.63, 3.8) is 0 Å². The normalized spacial score (nSPS) is 10.8. The van der Waals surface area contributed by atoms with Crippen molar-refractivity contribution in [2.75, 3.05) is 20.3 Å². The van der Waals surface area contributed by atoms with Gasteiger partial charge in [-0.2, -0.15) is 0 Å². The Balaban J connectivity index is 1.42. The predicted octanol–water partition coefficient (Wildman–Crippen LogP) is 5.48. The summed E-state index contributed by atoms with van der Waals surface area (Å²) in [6.45, 7) is 5.30. The van der Waals surface area contributed by atoms with Crippen LogP contribution in [0.4, 0.5) is 0 Å². The van der Waals surface area contributed by atoms with Gasteiger partial charge in [0.15, 0.2) is 11.5 Å². The van der Waals surface area contributed by atoms with Gasteiger partial charge in [0.25, 0.3) is 5.91 Å². The van der Waals surface area contributed by atoms with Crippen molar-refractivity contribution in [3.05, 3.63) is 101 Å². The van der Waals surface area contributed by atoms with Crippen molar-refractivity contribution in [2.45, 2.75) is 19.4 Å². The lowest BCUT2D eigenvalue weighted by atomic mass is 10.1. The molecule has 6 nitrogen and oxygen atoms in total. The fraction of sp³-hybridized carbons (Fsp3) is 0.214. The number of ether oxygens (including phenoxy) is 2. The first-order valence-corrected chi connectivity index (χ1v) is 11.9. The molecule has 0 saturated carbocycles. The SMILES string of the molecule is C=CCc1ccc(OCCn2c(CCNC(=O)c3ccc(Cl)cc3)nc3ccccc32)c(OC)c1. The molecular weight excluding hydrogens is 462 g/mol. The van der Waals surface area contributed by atoms with E-state index < -0.39 is 0 Å². The zero-order chi connectivity index (χ0) is 24.6. The van der Waals surface area contributed by atoms with Gasteiger partial charge in [0.2, 0.25) is 0 Å². The molecule has 0 saturated heterocycles. The molecule has 0 spiro atoms. The zero-order valence-electron chi connectivity index (χ0n) is 19.7. The van der Waals surface area contributed by atoms with E-state index >= 15 is 0 Å². The van der Waals surface area contributed by atoms with Crippen LogP contribution in [0.15, 0.2) is 79.4 Å². The number of amides is 1. The number of nitrogens with one attached hydrogen (secondary N) is 1. The smallest absolute Gasteiger partial charge is 0.251 e. The molecule has 0 unspecified atom stereocenters. The Morgan fingerprint density at radius 2 is 1.91 bits per heavy atom. The minimum atomic E-state index is -0.139. The van der Waals surface area contributed by atoms with Gasteiger partial charge >= 0.3 is 0 Å². The Morgan fingerprint density at radius 3 is 2.69 bits per heavy atom. The Kier molecular flexibility index (Phi) is 8.06. The first kappa shape index (κ1) is 24.4. The Morgan fingerprint density at radius 1 is 1.11 bits per heavy atom. The van der Waals surface area contributed by atoms with Gasteiger partial charge in [-0.3, -0.25) is 4.79 Å². The summed E-state index contributed by atoms with van der Waals surface area (Å²) in [6, 6.07) is 20.7. The number of allylic oxidation sites excluding steroid dienone is 1. The van der Waals surface area contributed by atoms with Crippen LogP contribution in [0, 0.1) is 0 Å². The molecule has 0 bridgehead atoms. The van der Waals surface area contributed by atoms with Crippen molar-refractivity contribution in [3.8, 4) is 11.5 Å². The van der Waals surface area contributed by atoms with Gasteiger partial charge < -0.3 is 19.4 Å². The third-order valence-corrected chi connectivity index (χ3v) is 5.91. The van der Waals surface area contributed by atoms with Gasteiger partial charge in [-0.1, -0.05) is 35.9 Å². The van der Waals surface area contributed by atoms with Crippen molar-refractivity contribution >= 4 is 28.5 Å². The van der Waals surface area contributed by atoms with Crippen LogP contribution in [0.2, 0.25) is 5.02 Å². The van der Waals surface area contributed by atoms with E-state index in [1.54, 1.807) is 31.4 Å². The predicted molar refractivity (Wildman–Crippen MR) is 140 cm³/mol. The lowest BCUT2D eigenvalue weighted by Gasteiger charge is -2.14. The summed E-state index contributed by atoms with van der Waals surface area (Å²) in [5.74, 6) is 2.14. The molecule has 1 N–H and O–H groups in total. The quantitative estimate of drug-likeness (QED) is 0.283. The molecule has 0 aliphatic rings. The van der Waals surface area contributed by atoms with E-state index in [2.05, 4.69) is 16.5 Å². The minimum Gasteiger partial charge on any atom is -0.493 e. The van der Waals surface area contributed by atoms with Gasteiger partial charge in [-0.15, -0.1) is 6.58 Å². The molecule has 3 aromatic carbocycles. The zero-order valence-corrected chi connectivity index (χ0v) is 20.4. The third-order valence-electron chi connectivity index (χ3n) is 5.65. The minimum absolute atomic E-state index is 0.139. The summed E-state index contributed by atoms with van der Waals surface area (Å²) in [5.41, 5.74) is 3.64. The van der Waals surface area contributed by atoms with E-state index in [9.17, 15) is 4.79 Å². The molecule has 1 heterocycles. The highest BCUT2D eigenvalue weighted by atomic mass is 35.5. The number of fused-ring (bicyclic) bond motifs is 1. The van der Waals surface area contributed by atoms with Crippen LogP contribution in [0.1, 0.15) is 21.7 Å². The average molecular weight is 490 g/mol. The van der Waals surface area contributed by atoms with E-state index in [0.29, 0.717) is 48.2 Å². The van der Waals surface area contributed by atoms with E-state index in [-0.39, 0.29) is 5.91 Å². The number of rotatable bonds is 11. The second-order valence-corrected chi connectivity index (χ2v) is 8.44. The number of carbonyl (C=O) groups is 1. The van der Waals surface area contributed by atoms with E-state index in [1.807, 2.05) is 48.5 Å². The highest BCUT2D eigenvalue weighted by molar-refractivity contribution is 6.30. The standard InChI is InChI=1S/C28H28ClN3O3/c1-3-6-20-9-14-25(26(19-20)34-2)35-18-17-32-24-8-5-4-7-23(24)31-27(32)15-16-30-28(33)21-10-12-22(29)13-11-21/h3-5,7-14,19H,1,6,15-18H2,2H3,(H,30,33). The van der Waals surface area contributed by atoms with Gasteiger partial charge in [-0.25, -0.2) is 4.98 Å². The van der Waals surface area contributed by atoms with Crippen molar-refractivity contribution in [1.82, 2.24) is 14.9 Å². The molecule has 7 heteroatoms. The average Bonchev–Trinajstić information content (AvgIpc) is 3.22. The van der Waals surface area contributed by atoms with Crippen LogP contribution in [0.5, 0.6) is 11.5 Å². The molecule has 180 valence electrons. The maximum absolute atomic E-state index is 12.4. The van der Waals surface area contributed by atoms with E-state index in [1.165, 1.54) is 0 Å². The summed E-state index contributed by atoms with van der Waals surface area (Å²) in [6.07, 6.45) is 3.22. The largest absolute Gasteiger partial charge is 0.493 e. The number of halogens is 1. The summed E-state index contributed by atoms with van der Waals surface area (Å²) in [4.78, 5) is 17.2. The van der Waals surface area contributed by atoms with Crippen molar-refractivity contribution < 1.29 is 14.3 Å². The number of aromatic nitrogens is 2. The molecule has 35 heavy (non-hydrogen) atoms. The number of methoxy groups -OCH3 is 1. The van der Waals surface area contributed by atoms with Gasteiger partial charge in [-0.05, 0) is 60.5 Å².